The first kappa shape index (κ1) is 13.0. The predicted octanol–water partition coefficient (Wildman–Crippen LogP) is 0.681. The van der Waals surface area contributed by atoms with Gasteiger partial charge in [-0.2, -0.15) is 0 Å². The second kappa shape index (κ2) is 5.86. The predicted molar refractivity (Wildman–Crippen MR) is 62.3 cm³/mol. The van der Waals surface area contributed by atoms with Crippen LogP contribution in [-0.2, 0) is 4.79 Å². The van der Waals surface area contributed by atoms with Crippen molar-refractivity contribution in [3.8, 4) is 5.75 Å². The Morgan fingerprint density at radius 2 is 2.18 bits per heavy atom. The summed E-state index contributed by atoms with van der Waals surface area (Å²) in [4.78, 5) is 21.9. The minimum Gasteiger partial charge on any atom is -0.492 e. The number of carbonyl (C=O) groups is 2. The van der Waals surface area contributed by atoms with E-state index in [1.807, 2.05) is 0 Å². The first-order valence-corrected chi connectivity index (χ1v) is 5.08. The van der Waals surface area contributed by atoms with Crippen LogP contribution in [0.1, 0.15) is 17.3 Å². The molecule has 6 nitrogen and oxygen atoms in total. The lowest BCUT2D eigenvalue weighted by atomic mass is 10.2. The monoisotopic (exact) mass is 238 g/mol. The van der Waals surface area contributed by atoms with Crippen molar-refractivity contribution >= 4 is 17.6 Å². The Hall–Kier alpha value is -2.08. The molecule has 0 aliphatic heterocycles. The molecule has 0 heterocycles. The average Bonchev–Trinajstić information content (AvgIpc) is 2.31. The number of carboxylic acids is 1. The number of amides is 1. The van der Waals surface area contributed by atoms with Gasteiger partial charge in [0.2, 0.25) is 5.91 Å². The molecule has 0 aliphatic carbocycles. The largest absolute Gasteiger partial charge is 0.492 e. The molecule has 92 valence electrons. The normalized spacial score (nSPS) is 9.76. The molecular weight excluding hydrogens is 224 g/mol. The van der Waals surface area contributed by atoms with Crippen molar-refractivity contribution in [2.24, 2.45) is 5.73 Å². The van der Waals surface area contributed by atoms with Crippen LogP contribution in [0.3, 0.4) is 0 Å². The molecule has 0 fully saturated rings. The summed E-state index contributed by atoms with van der Waals surface area (Å²) in [7, 11) is 0. The van der Waals surface area contributed by atoms with Crippen molar-refractivity contribution in [3.63, 3.8) is 0 Å². The van der Waals surface area contributed by atoms with Crippen molar-refractivity contribution in [3.05, 3.63) is 23.8 Å². The van der Waals surface area contributed by atoms with Crippen LogP contribution in [-0.4, -0.2) is 30.1 Å². The van der Waals surface area contributed by atoms with Gasteiger partial charge in [-0.3, -0.25) is 4.79 Å². The molecule has 0 radical (unpaired) electrons. The van der Waals surface area contributed by atoms with E-state index in [1.54, 1.807) is 6.92 Å². The van der Waals surface area contributed by atoms with Gasteiger partial charge in [-0.1, -0.05) is 0 Å². The van der Waals surface area contributed by atoms with Crippen molar-refractivity contribution in [2.75, 3.05) is 18.5 Å². The number of carbonyl (C=O) groups excluding carboxylic acids is 1. The number of aromatic carboxylic acids is 1. The highest BCUT2D eigenvalue weighted by atomic mass is 16.5. The minimum atomic E-state index is -1.05. The zero-order valence-electron chi connectivity index (χ0n) is 9.40. The molecule has 0 saturated carbocycles. The molecular formula is C11H14N2O4. The van der Waals surface area contributed by atoms with Crippen LogP contribution >= 0.6 is 0 Å². The highest BCUT2D eigenvalue weighted by Crippen LogP contribution is 2.25. The number of benzene rings is 1. The molecule has 0 unspecified atom stereocenters. The van der Waals surface area contributed by atoms with E-state index < -0.39 is 5.97 Å². The molecule has 0 atom stereocenters. The second-order valence-electron chi connectivity index (χ2n) is 3.20. The van der Waals surface area contributed by atoms with Crippen molar-refractivity contribution in [1.82, 2.24) is 0 Å². The van der Waals surface area contributed by atoms with Crippen LogP contribution in [0.5, 0.6) is 5.75 Å². The van der Waals surface area contributed by atoms with Gasteiger partial charge in [0, 0.05) is 0 Å². The van der Waals surface area contributed by atoms with Gasteiger partial charge in [-0.15, -0.1) is 0 Å². The van der Waals surface area contributed by atoms with Gasteiger partial charge < -0.3 is 20.9 Å². The quantitative estimate of drug-likeness (QED) is 0.700. The average molecular weight is 238 g/mol. The summed E-state index contributed by atoms with van der Waals surface area (Å²) in [6.45, 7) is 1.99. The fraction of sp³-hybridized carbons (Fsp3) is 0.273. The van der Waals surface area contributed by atoms with E-state index >= 15 is 0 Å². The fourth-order valence-corrected chi connectivity index (χ4v) is 1.23. The van der Waals surface area contributed by atoms with E-state index in [0.717, 1.165) is 0 Å². The lowest BCUT2D eigenvalue weighted by Crippen LogP contribution is -2.22. The van der Waals surface area contributed by atoms with Crippen molar-refractivity contribution in [1.29, 1.82) is 0 Å². The van der Waals surface area contributed by atoms with E-state index in [4.69, 9.17) is 15.6 Å². The number of rotatable bonds is 5. The van der Waals surface area contributed by atoms with Gasteiger partial charge in [0.15, 0.2) is 0 Å². The lowest BCUT2D eigenvalue weighted by Gasteiger charge is -2.11. The molecule has 0 spiro atoms. The van der Waals surface area contributed by atoms with Crippen LogP contribution in [0.2, 0.25) is 0 Å². The van der Waals surface area contributed by atoms with Crippen LogP contribution in [0.15, 0.2) is 18.2 Å². The molecule has 0 saturated heterocycles. The Kier molecular flexibility index (Phi) is 4.47. The van der Waals surface area contributed by atoms with E-state index in [-0.39, 0.29) is 18.0 Å². The smallest absolute Gasteiger partial charge is 0.335 e. The number of nitrogens with one attached hydrogen (secondary N) is 1. The van der Waals surface area contributed by atoms with E-state index in [0.29, 0.717) is 18.0 Å². The summed E-state index contributed by atoms with van der Waals surface area (Å²) in [5, 5.41) is 11.4. The highest BCUT2D eigenvalue weighted by molar-refractivity contribution is 5.95. The third-order valence-electron chi connectivity index (χ3n) is 1.99. The Balaban J connectivity index is 3.03. The van der Waals surface area contributed by atoms with Gasteiger partial charge in [0.05, 0.1) is 24.4 Å². The molecule has 0 aromatic heterocycles. The van der Waals surface area contributed by atoms with Gasteiger partial charge in [-0.25, -0.2) is 4.79 Å². The van der Waals surface area contributed by atoms with E-state index in [2.05, 4.69) is 5.32 Å². The maximum Gasteiger partial charge on any atom is 0.335 e. The molecule has 0 bridgehead atoms. The molecule has 1 amide bonds. The molecule has 6 heteroatoms. The van der Waals surface area contributed by atoms with Crippen molar-refractivity contribution < 1.29 is 19.4 Å². The van der Waals surface area contributed by atoms with Gasteiger partial charge in [-0.05, 0) is 25.1 Å². The summed E-state index contributed by atoms with van der Waals surface area (Å²) < 4.78 is 5.25. The zero-order chi connectivity index (χ0) is 12.8. The maximum atomic E-state index is 11.1. The van der Waals surface area contributed by atoms with E-state index in [9.17, 15) is 9.59 Å². The fourth-order valence-electron chi connectivity index (χ4n) is 1.23. The molecule has 1 aromatic rings. The number of nitrogens with two attached hydrogens (primary N) is 1. The summed E-state index contributed by atoms with van der Waals surface area (Å²) in [6.07, 6.45) is 0. The summed E-state index contributed by atoms with van der Waals surface area (Å²) in [5.41, 5.74) is 5.68. The van der Waals surface area contributed by atoms with Crippen LogP contribution in [0.4, 0.5) is 5.69 Å². The Morgan fingerprint density at radius 3 is 2.71 bits per heavy atom. The highest BCUT2D eigenvalue weighted by Gasteiger charge is 2.10. The standard InChI is InChI=1S/C11H14N2O4/c1-2-17-9-5-7(11(15)16)3-4-8(9)13-10(14)6-12/h3-5H,2,6,12H2,1H3,(H,13,14)(H,15,16). The maximum absolute atomic E-state index is 11.1. The minimum absolute atomic E-state index is 0.0965. The molecule has 4 N–H and O–H groups in total. The van der Waals surface area contributed by atoms with Crippen LogP contribution < -0.4 is 15.8 Å². The number of anilines is 1. The van der Waals surface area contributed by atoms with Crippen LogP contribution in [0, 0.1) is 0 Å². The second-order valence-corrected chi connectivity index (χ2v) is 3.20. The molecule has 0 aliphatic rings. The van der Waals surface area contributed by atoms with Crippen molar-refractivity contribution in [2.45, 2.75) is 6.92 Å². The van der Waals surface area contributed by atoms with E-state index in [1.165, 1.54) is 18.2 Å². The first-order chi connectivity index (χ1) is 8.08. The summed E-state index contributed by atoms with van der Waals surface area (Å²) in [5.74, 6) is -1.11. The van der Waals surface area contributed by atoms with Gasteiger partial charge in [0.1, 0.15) is 5.75 Å². The number of hydrogen-bond acceptors (Lipinski definition) is 4. The number of ether oxygens (including phenoxy) is 1. The first-order valence-electron chi connectivity index (χ1n) is 5.08. The molecule has 17 heavy (non-hydrogen) atoms. The van der Waals surface area contributed by atoms with Crippen LogP contribution in [0.25, 0.3) is 0 Å². The Bertz CT molecular complexity index is 431. The topological polar surface area (TPSA) is 102 Å². The number of hydrogen-bond donors (Lipinski definition) is 3. The lowest BCUT2D eigenvalue weighted by molar-refractivity contribution is -0.114. The Morgan fingerprint density at radius 1 is 1.47 bits per heavy atom. The zero-order valence-corrected chi connectivity index (χ0v) is 9.40. The SMILES string of the molecule is CCOc1cc(C(=O)O)ccc1NC(=O)CN. The van der Waals surface area contributed by atoms with Gasteiger partial charge in [0.25, 0.3) is 0 Å². The van der Waals surface area contributed by atoms with Gasteiger partial charge >= 0.3 is 5.97 Å². The third kappa shape index (κ3) is 3.46. The summed E-state index contributed by atoms with van der Waals surface area (Å²) >= 11 is 0. The molecule has 1 rings (SSSR count). The summed E-state index contributed by atoms with van der Waals surface area (Å²) in [6, 6.07) is 4.22. The number of carboxylic acid groups (broad SMARTS) is 1. The Labute approximate surface area is 98.4 Å². The third-order valence-corrected chi connectivity index (χ3v) is 1.99. The molecule has 1 aromatic carbocycles.